The van der Waals surface area contributed by atoms with Gasteiger partial charge in [-0.1, -0.05) is 6.07 Å². The van der Waals surface area contributed by atoms with Gasteiger partial charge in [0.1, 0.15) is 9.88 Å². The number of rotatable bonds is 4. The molecule has 0 aliphatic carbocycles. The molecule has 0 bridgehead atoms. The molecule has 2 N–H and O–H groups in total. The topological polar surface area (TPSA) is 79.1 Å². The molecule has 0 unspecified atom stereocenters. The second kappa shape index (κ2) is 6.41. The Morgan fingerprint density at radius 3 is 2.90 bits per heavy atom. The van der Waals surface area contributed by atoms with Crippen molar-refractivity contribution in [3.8, 4) is 11.5 Å². The van der Waals surface area contributed by atoms with E-state index in [4.69, 9.17) is 4.74 Å². The number of hydrogen-bond acceptors (Lipinski definition) is 6. The van der Waals surface area contributed by atoms with Crippen molar-refractivity contribution < 1.29 is 19.7 Å². The number of aromatic hydroxyl groups is 2. The Labute approximate surface area is 126 Å². The highest BCUT2D eigenvalue weighted by Crippen LogP contribution is 2.31. The molecular weight excluding hydrogens is 290 g/mol. The Kier molecular flexibility index (Phi) is 4.59. The van der Waals surface area contributed by atoms with E-state index in [2.05, 4.69) is 4.99 Å². The molecule has 21 heavy (non-hydrogen) atoms. The third-order valence-corrected chi connectivity index (χ3v) is 3.87. The standard InChI is InChI=1S/C15H15NO4S/c1-3-20-15(19)14-9(2)7-12(21-14)16-8-10-5-4-6-11(17)13(10)18/h4-8,17-18H,3H2,1-2H3. The first-order valence-corrected chi connectivity index (χ1v) is 7.17. The van der Waals surface area contributed by atoms with Crippen LogP contribution >= 0.6 is 11.3 Å². The fourth-order valence-electron chi connectivity index (χ4n) is 1.71. The number of phenolic OH excluding ortho intramolecular Hbond substituents is 2. The average Bonchev–Trinajstić information content (AvgIpc) is 2.82. The molecule has 2 aromatic rings. The van der Waals surface area contributed by atoms with Crippen molar-refractivity contribution in [2.24, 2.45) is 4.99 Å². The lowest BCUT2D eigenvalue weighted by atomic mass is 10.2. The Bertz CT molecular complexity index is 691. The summed E-state index contributed by atoms with van der Waals surface area (Å²) in [4.78, 5) is 16.4. The van der Waals surface area contributed by atoms with Crippen molar-refractivity contribution in [1.29, 1.82) is 0 Å². The number of esters is 1. The first kappa shape index (κ1) is 15.1. The van der Waals surface area contributed by atoms with Crippen LogP contribution in [-0.4, -0.2) is 29.0 Å². The Morgan fingerprint density at radius 2 is 2.19 bits per heavy atom. The molecule has 0 amide bonds. The second-order valence-corrected chi connectivity index (χ2v) is 5.32. The molecule has 0 aliphatic rings. The van der Waals surface area contributed by atoms with Crippen LogP contribution in [0.15, 0.2) is 29.3 Å². The average molecular weight is 305 g/mol. The van der Waals surface area contributed by atoms with E-state index in [1.165, 1.54) is 23.6 Å². The van der Waals surface area contributed by atoms with Crippen LogP contribution in [0.25, 0.3) is 0 Å². The van der Waals surface area contributed by atoms with Crippen molar-refractivity contribution in [2.45, 2.75) is 13.8 Å². The van der Waals surface area contributed by atoms with Gasteiger partial charge in [-0.25, -0.2) is 9.79 Å². The van der Waals surface area contributed by atoms with Crippen LogP contribution in [0.1, 0.15) is 27.7 Å². The molecule has 0 atom stereocenters. The number of thiophene rings is 1. The number of ether oxygens (including phenoxy) is 1. The number of carbonyl (C=O) groups is 1. The molecule has 1 aromatic carbocycles. The van der Waals surface area contributed by atoms with E-state index in [1.54, 1.807) is 25.1 Å². The van der Waals surface area contributed by atoms with Gasteiger partial charge in [-0.2, -0.15) is 0 Å². The van der Waals surface area contributed by atoms with Gasteiger partial charge in [-0.3, -0.25) is 0 Å². The molecule has 0 radical (unpaired) electrons. The van der Waals surface area contributed by atoms with Gasteiger partial charge in [-0.05, 0) is 37.6 Å². The first-order chi connectivity index (χ1) is 10.0. The molecule has 0 spiro atoms. The lowest BCUT2D eigenvalue weighted by Crippen LogP contribution is -2.03. The van der Waals surface area contributed by atoms with E-state index in [0.29, 0.717) is 22.0 Å². The molecule has 1 aromatic heterocycles. The SMILES string of the molecule is CCOC(=O)c1sc(N=Cc2cccc(O)c2O)cc1C. The van der Waals surface area contributed by atoms with Gasteiger partial charge in [0, 0.05) is 11.8 Å². The first-order valence-electron chi connectivity index (χ1n) is 6.35. The number of nitrogens with zero attached hydrogens (tertiary/aromatic N) is 1. The fraction of sp³-hybridized carbons (Fsp3) is 0.200. The number of hydrogen-bond donors (Lipinski definition) is 2. The monoisotopic (exact) mass is 305 g/mol. The van der Waals surface area contributed by atoms with Gasteiger partial charge >= 0.3 is 5.97 Å². The van der Waals surface area contributed by atoms with Crippen LogP contribution < -0.4 is 0 Å². The summed E-state index contributed by atoms with van der Waals surface area (Å²) in [6.07, 6.45) is 1.44. The summed E-state index contributed by atoms with van der Waals surface area (Å²) in [6.45, 7) is 3.89. The van der Waals surface area contributed by atoms with Crippen LogP contribution in [0.5, 0.6) is 11.5 Å². The van der Waals surface area contributed by atoms with E-state index >= 15 is 0 Å². The van der Waals surface area contributed by atoms with Gasteiger partial charge in [0.05, 0.1) is 6.61 Å². The highest BCUT2D eigenvalue weighted by Gasteiger charge is 2.14. The van der Waals surface area contributed by atoms with Crippen LogP contribution in [0, 0.1) is 6.92 Å². The highest BCUT2D eigenvalue weighted by atomic mass is 32.1. The molecular formula is C15H15NO4S. The smallest absolute Gasteiger partial charge is 0.348 e. The minimum atomic E-state index is -0.360. The van der Waals surface area contributed by atoms with E-state index in [1.807, 2.05) is 6.92 Å². The second-order valence-electron chi connectivity index (χ2n) is 4.29. The molecule has 0 saturated heterocycles. The van der Waals surface area contributed by atoms with E-state index < -0.39 is 0 Å². The van der Waals surface area contributed by atoms with Crippen molar-refractivity contribution in [3.05, 3.63) is 40.3 Å². The molecule has 0 saturated carbocycles. The zero-order chi connectivity index (χ0) is 15.4. The summed E-state index contributed by atoms with van der Waals surface area (Å²) in [5.74, 6) is -0.782. The lowest BCUT2D eigenvalue weighted by molar-refractivity contribution is 0.0531. The number of benzene rings is 1. The number of aliphatic imine (C=N–C) groups is 1. The molecule has 6 heteroatoms. The van der Waals surface area contributed by atoms with Crippen molar-refractivity contribution in [3.63, 3.8) is 0 Å². The minimum Gasteiger partial charge on any atom is -0.504 e. The van der Waals surface area contributed by atoms with Gasteiger partial charge in [-0.15, -0.1) is 11.3 Å². The molecule has 2 rings (SSSR count). The number of aryl methyl sites for hydroxylation is 1. The van der Waals surface area contributed by atoms with Crippen molar-refractivity contribution in [1.82, 2.24) is 0 Å². The number of phenols is 2. The van der Waals surface area contributed by atoms with Gasteiger partial charge < -0.3 is 14.9 Å². The summed E-state index contributed by atoms with van der Waals surface area (Å²) in [5, 5.41) is 19.7. The maximum Gasteiger partial charge on any atom is 0.348 e. The van der Waals surface area contributed by atoms with Crippen LogP contribution in [0.3, 0.4) is 0 Å². The van der Waals surface area contributed by atoms with Crippen LogP contribution in [0.2, 0.25) is 0 Å². The van der Waals surface area contributed by atoms with Gasteiger partial charge in [0.2, 0.25) is 0 Å². The summed E-state index contributed by atoms with van der Waals surface area (Å²) in [6, 6.07) is 6.40. The predicted molar refractivity (Wildman–Crippen MR) is 82.0 cm³/mol. The summed E-state index contributed by atoms with van der Waals surface area (Å²) < 4.78 is 4.97. The van der Waals surface area contributed by atoms with Gasteiger partial charge in [0.15, 0.2) is 11.5 Å². The van der Waals surface area contributed by atoms with Crippen molar-refractivity contribution >= 4 is 28.5 Å². The van der Waals surface area contributed by atoms with E-state index in [-0.39, 0.29) is 17.5 Å². The fourth-order valence-corrected chi connectivity index (χ4v) is 2.63. The number of para-hydroxylation sites is 1. The zero-order valence-corrected chi connectivity index (χ0v) is 12.5. The maximum absolute atomic E-state index is 11.7. The van der Waals surface area contributed by atoms with Crippen molar-refractivity contribution in [2.75, 3.05) is 6.61 Å². The molecule has 1 heterocycles. The van der Waals surface area contributed by atoms with E-state index in [0.717, 1.165) is 5.56 Å². The highest BCUT2D eigenvalue weighted by molar-refractivity contribution is 7.17. The van der Waals surface area contributed by atoms with Crippen LogP contribution in [-0.2, 0) is 4.74 Å². The molecule has 5 nitrogen and oxygen atoms in total. The largest absolute Gasteiger partial charge is 0.504 e. The minimum absolute atomic E-state index is 0.200. The summed E-state index contributed by atoms with van der Waals surface area (Å²) in [5.41, 5.74) is 1.20. The van der Waals surface area contributed by atoms with Crippen LogP contribution in [0.4, 0.5) is 5.00 Å². The quantitative estimate of drug-likeness (QED) is 0.515. The third kappa shape index (κ3) is 3.41. The number of carbonyl (C=O) groups excluding carboxylic acids is 1. The zero-order valence-electron chi connectivity index (χ0n) is 11.7. The normalized spacial score (nSPS) is 11.0. The lowest BCUT2D eigenvalue weighted by Gasteiger charge is -1.99. The Balaban J connectivity index is 2.24. The molecule has 0 fully saturated rings. The Hall–Kier alpha value is -2.34. The molecule has 110 valence electrons. The predicted octanol–water partition coefficient (Wildman–Crippen LogP) is 3.40. The Morgan fingerprint density at radius 1 is 1.43 bits per heavy atom. The molecule has 0 aliphatic heterocycles. The van der Waals surface area contributed by atoms with Gasteiger partial charge in [0.25, 0.3) is 0 Å². The summed E-state index contributed by atoms with van der Waals surface area (Å²) >= 11 is 1.22. The summed E-state index contributed by atoms with van der Waals surface area (Å²) in [7, 11) is 0. The van der Waals surface area contributed by atoms with E-state index in [9.17, 15) is 15.0 Å². The third-order valence-electron chi connectivity index (χ3n) is 2.74. The maximum atomic E-state index is 11.7.